The number of sulfonamides is 1. The third kappa shape index (κ3) is 3.12. The summed E-state index contributed by atoms with van der Waals surface area (Å²) < 4.78 is 26.9. The largest absolute Gasteiger partial charge is 0.396 e. The highest BCUT2D eigenvalue weighted by atomic mass is 35.5. The van der Waals surface area contributed by atoms with Gasteiger partial charge in [0, 0.05) is 5.02 Å². The molecule has 0 atom stereocenters. The van der Waals surface area contributed by atoms with E-state index in [1.165, 1.54) is 18.2 Å². The van der Waals surface area contributed by atoms with Crippen molar-refractivity contribution in [3.8, 4) is 0 Å². The van der Waals surface area contributed by atoms with Crippen LogP contribution in [0.25, 0.3) is 0 Å². The van der Waals surface area contributed by atoms with Gasteiger partial charge in [-0.1, -0.05) is 40.9 Å². The predicted octanol–water partition coefficient (Wildman–Crippen LogP) is 4.03. The van der Waals surface area contributed by atoms with Crippen LogP contribution >= 0.6 is 34.8 Å². The Balaban J connectivity index is 2.44. The minimum absolute atomic E-state index is 0.0160. The number of nitrogens with one attached hydrogen (secondary N) is 1. The van der Waals surface area contributed by atoms with E-state index in [4.69, 9.17) is 40.5 Å². The molecule has 0 radical (unpaired) electrons. The van der Waals surface area contributed by atoms with E-state index in [0.29, 0.717) is 10.7 Å². The Morgan fingerprint density at radius 2 is 1.75 bits per heavy atom. The van der Waals surface area contributed by atoms with Crippen molar-refractivity contribution in [3.05, 3.63) is 51.5 Å². The van der Waals surface area contributed by atoms with Crippen molar-refractivity contribution in [2.45, 2.75) is 4.90 Å². The molecule has 3 N–H and O–H groups in total. The normalized spacial score (nSPS) is 11.3. The second-order valence-electron chi connectivity index (χ2n) is 3.89. The van der Waals surface area contributed by atoms with Crippen molar-refractivity contribution < 1.29 is 8.42 Å². The zero-order chi connectivity index (χ0) is 14.9. The third-order valence-corrected chi connectivity index (χ3v) is 4.97. The van der Waals surface area contributed by atoms with E-state index >= 15 is 0 Å². The highest BCUT2D eigenvalue weighted by molar-refractivity contribution is 7.92. The van der Waals surface area contributed by atoms with Gasteiger partial charge in [-0.05, 0) is 30.3 Å². The first-order chi connectivity index (χ1) is 9.31. The maximum absolute atomic E-state index is 12.3. The first-order valence-corrected chi connectivity index (χ1v) is 7.95. The van der Waals surface area contributed by atoms with Gasteiger partial charge < -0.3 is 5.73 Å². The highest BCUT2D eigenvalue weighted by Crippen LogP contribution is 2.34. The molecule has 0 bridgehead atoms. The molecular formula is C12H9Cl3N2O2S. The molecule has 0 spiro atoms. The van der Waals surface area contributed by atoms with Crippen LogP contribution in [0, 0.1) is 0 Å². The standard InChI is InChI=1S/C12H9Cl3N2O2S/c13-7-2-1-3-8(6-7)17-20(18,19)10-5-4-9(14)12(16)11(10)15/h1-6,17H,16H2. The summed E-state index contributed by atoms with van der Waals surface area (Å²) in [7, 11) is -3.88. The maximum atomic E-state index is 12.3. The van der Waals surface area contributed by atoms with Crippen LogP contribution in [0.4, 0.5) is 11.4 Å². The predicted molar refractivity (Wildman–Crippen MR) is 83.1 cm³/mol. The minimum Gasteiger partial charge on any atom is -0.396 e. The van der Waals surface area contributed by atoms with Gasteiger partial charge in [0.25, 0.3) is 10.0 Å². The van der Waals surface area contributed by atoms with Crippen LogP contribution in [0.15, 0.2) is 41.3 Å². The second-order valence-corrected chi connectivity index (χ2v) is 6.76. The van der Waals surface area contributed by atoms with Crippen molar-refractivity contribution in [3.63, 3.8) is 0 Å². The fraction of sp³-hybridized carbons (Fsp3) is 0. The van der Waals surface area contributed by atoms with Crippen molar-refractivity contribution >= 4 is 56.2 Å². The lowest BCUT2D eigenvalue weighted by Crippen LogP contribution is -2.14. The van der Waals surface area contributed by atoms with Crippen molar-refractivity contribution in [2.75, 3.05) is 10.5 Å². The molecule has 20 heavy (non-hydrogen) atoms. The lowest BCUT2D eigenvalue weighted by molar-refractivity contribution is 0.601. The topological polar surface area (TPSA) is 72.2 Å². The third-order valence-electron chi connectivity index (χ3n) is 2.46. The van der Waals surface area contributed by atoms with E-state index in [1.807, 2.05) is 0 Å². The molecule has 0 saturated carbocycles. The quantitative estimate of drug-likeness (QED) is 0.820. The monoisotopic (exact) mass is 350 g/mol. The maximum Gasteiger partial charge on any atom is 0.263 e. The van der Waals surface area contributed by atoms with Crippen LogP contribution in [0.3, 0.4) is 0 Å². The Bertz CT molecular complexity index is 763. The van der Waals surface area contributed by atoms with Crippen LogP contribution in [0.5, 0.6) is 0 Å². The Hall–Kier alpha value is -1.14. The van der Waals surface area contributed by atoms with Gasteiger partial charge in [0.1, 0.15) is 4.90 Å². The SMILES string of the molecule is Nc1c(Cl)ccc(S(=O)(=O)Nc2cccc(Cl)c2)c1Cl. The smallest absolute Gasteiger partial charge is 0.263 e. The summed E-state index contributed by atoms with van der Waals surface area (Å²) in [6, 6.07) is 8.96. The minimum atomic E-state index is -3.88. The van der Waals surface area contributed by atoms with E-state index < -0.39 is 10.0 Å². The van der Waals surface area contributed by atoms with Gasteiger partial charge >= 0.3 is 0 Å². The number of nitrogens with two attached hydrogens (primary N) is 1. The highest BCUT2D eigenvalue weighted by Gasteiger charge is 2.20. The summed E-state index contributed by atoms with van der Waals surface area (Å²) in [5.41, 5.74) is 5.96. The average Bonchev–Trinajstić information content (AvgIpc) is 2.35. The molecular weight excluding hydrogens is 343 g/mol. The summed E-state index contributed by atoms with van der Waals surface area (Å²) in [4.78, 5) is -0.152. The van der Waals surface area contributed by atoms with Crippen LogP contribution in [0.2, 0.25) is 15.1 Å². The molecule has 4 nitrogen and oxygen atoms in total. The van der Waals surface area contributed by atoms with E-state index in [2.05, 4.69) is 4.72 Å². The van der Waals surface area contributed by atoms with E-state index in [9.17, 15) is 8.42 Å². The first kappa shape index (κ1) is 15.3. The van der Waals surface area contributed by atoms with Gasteiger partial charge in [0.15, 0.2) is 0 Å². The average molecular weight is 352 g/mol. The van der Waals surface area contributed by atoms with Crippen LogP contribution in [0.1, 0.15) is 0 Å². The molecule has 0 aliphatic rings. The second kappa shape index (κ2) is 5.69. The van der Waals surface area contributed by atoms with Gasteiger partial charge in [-0.3, -0.25) is 4.72 Å². The molecule has 0 heterocycles. The van der Waals surface area contributed by atoms with Crippen LogP contribution in [-0.2, 0) is 10.0 Å². The molecule has 0 aliphatic carbocycles. The van der Waals surface area contributed by atoms with Gasteiger partial charge in [0.05, 0.1) is 21.4 Å². The summed E-state index contributed by atoms with van der Waals surface area (Å²) in [6.45, 7) is 0. The van der Waals surface area contributed by atoms with Crippen molar-refractivity contribution in [1.29, 1.82) is 0 Å². The number of nitrogen functional groups attached to an aromatic ring is 1. The van der Waals surface area contributed by atoms with Crippen molar-refractivity contribution in [1.82, 2.24) is 0 Å². The van der Waals surface area contributed by atoms with E-state index in [0.717, 1.165) is 0 Å². The fourth-order valence-electron chi connectivity index (χ4n) is 1.52. The van der Waals surface area contributed by atoms with Crippen LogP contribution in [-0.4, -0.2) is 8.42 Å². The first-order valence-electron chi connectivity index (χ1n) is 5.33. The number of anilines is 2. The molecule has 8 heteroatoms. The van der Waals surface area contributed by atoms with Crippen LogP contribution < -0.4 is 10.5 Å². The van der Waals surface area contributed by atoms with Gasteiger partial charge in [0.2, 0.25) is 0 Å². The summed E-state index contributed by atoms with van der Waals surface area (Å²) in [6.07, 6.45) is 0. The van der Waals surface area contributed by atoms with E-state index in [-0.39, 0.29) is 20.6 Å². The molecule has 0 fully saturated rings. The number of hydrogen-bond acceptors (Lipinski definition) is 3. The summed E-state index contributed by atoms with van der Waals surface area (Å²) in [5, 5.41) is 0.482. The van der Waals surface area contributed by atoms with Gasteiger partial charge in [-0.2, -0.15) is 0 Å². The molecule has 2 aromatic rings. The lowest BCUT2D eigenvalue weighted by atomic mass is 10.3. The Morgan fingerprint density at radius 3 is 2.40 bits per heavy atom. The van der Waals surface area contributed by atoms with E-state index in [1.54, 1.807) is 18.2 Å². The molecule has 0 aliphatic heterocycles. The number of rotatable bonds is 3. The molecule has 0 aromatic heterocycles. The lowest BCUT2D eigenvalue weighted by Gasteiger charge is -2.11. The fourth-order valence-corrected chi connectivity index (χ4v) is 3.52. The molecule has 0 unspecified atom stereocenters. The molecule has 2 rings (SSSR count). The van der Waals surface area contributed by atoms with Gasteiger partial charge in [-0.15, -0.1) is 0 Å². The summed E-state index contributed by atoms with van der Waals surface area (Å²) in [5.74, 6) is 0. The molecule has 0 saturated heterocycles. The number of benzene rings is 2. The van der Waals surface area contributed by atoms with Crippen molar-refractivity contribution in [2.24, 2.45) is 0 Å². The molecule has 106 valence electrons. The molecule has 2 aromatic carbocycles. The zero-order valence-electron chi connectivity index (χ0n) is 9.90. The summed E-state index contributed by atoms with van der Waals surface area (Å²) >= 11 is 17.5. The Kier molecular flexibility index (Phi) is 4.34. The zero-order valence-corrected chi connectivity index (χ0v) is 13.0. The van der Waals surface area contributed by atoms with Gasteiger partial charge in [-0.25, -0.2) is 8.42 Å². The number of halogens is 3. The Labute approximate surface area is 131 Å². The Morgan fingerprint density at radius 1 is 1.05 bits per heavy atom. The number of hydrogen-bond donors (Lipinski definition) is 2. The molecule has 0 amide bonds.